The van der Waals surface area contributed by atoms with Gasteiger partial charge in [-0.25, -0.2) is 0 Å². The molecule has 0 aromatic heterocycles. The second kappa shape index (κ2) is 27.2. The summed E-state index contributed by atoms with van der Waals surface area (Å²) in [7, 11) is 0. The Labute approximate surface area is 399 Å². The molecule has 4 aromatic carbocycles. The molecule has 0 aliphatic carbocycles. The summed E-state index contributed by atoms with van der Waals surface area (Å²) in [5, 5.41) is 1.45. The molecule has 8 nitrogen and oxygen atoms in total. The van der Waals surface area contributed by atoms with E-state index in [2.05, 4.69) is 53.4 Å². The normalized spacial score (nSPS) is 16.6. The molecule has 2 aliphatic heterocycles. The van der Waals surface area contributed by atoms with Crippen molar-refractivity contribution in [2.75, 3.05) is 59.2 Å². The molecule has 0 amide bonds. The van der Waals surface area contributed by atoms with Crippen LogP contribution >= 0.6 is 35.6 Å². The maximum atomic E-state index is 13.2. The van der Waals surface area contributed by atoms with Crippen LogP contribution in [0.1, 0.15) is 120 Å². The maximum absolute atomic E-state index is 13.2. The highest BCUT2D eigenvalue weighted by Gasteiger charge is 2.34. The zero-order valence-electron chi connectivity index (χ0n) is 38.7. The van der Waals surface area contributed by atoms with Crippen LogP contribution in [-0.2, 0) is 28.5 Å². The predicted molar refractivity (Wildman–Crippen MR) is 262 cm³/mol. The van der Waals surface area contributed by atoms with Crippen molar-refractivity contribution in [3.8, 4) is 0 Å². The fourth-order valence-electron chi connectivity index (χ4n) is 8.44. The lowest BCUT2D eigenvalue weighted by atomic mass is 9.91. The van der Waals surface area contributed by atoms with E-state index < -0.39 is 5.60 Å². The Bertz CT molecular complexity index is 1910. The third kappa shape index (κ3) is 18.1. The van der Waals surface area contributed by atoms with Gasteiger partial charge < -0.3 is 23.8 Å². The lowest BCUT2D eigenvalue weighted by molar-refractivity contribution is -0.948. The molecule has 0 radical (unpaired) electrons. The summed E-state index contributed by atoms with van der Waals surface area (Å²) in [4.78, 5) is 28.0. The molecule has 0 spiro atoms. The first-order chi connectivity index (χ1) is 30.3. The van der Waals surface area contributed by atoms with Crippen molar-refractivity contribution in [3.05, 3.63) is 141 Å². The van der Waals surface area contributed by atoms with Crippen molar-refractivity contribution >= 4 is 47.5 Å². The summed E-state index contributed by atoms with van der Waals surface area (Å²) in [6, 6.07) is 36.4. The first-order valence-electron chi connectivity index (χ1n) is 23.1. The van der Waals surface area contributed by atoms with Gasteiger partial charge in [0, 0.05) is 23.0 Å². The molecule has 2 fully saturated rings. The first-order valence-corrected chi connectivity index (χ1v) is 23.9. The average Bonchev–Trinajstić information content (AvgIpc) is 3.28. The van der Waals surface area contributed by atoms with Crippen molar-refractivity contribution in [3.63, 3.8) is 0 Å². The van der Waals surface area contributed by atoms with Crippen molar-refractivity contribution in [1.29, 1.82) is 0 Å². The zero-order chi connectivity index (χ0) is 45.1. The monoisotopic (exact) mass is 937 g/mol. The number of rotatable bonds is 19. The van der Waals surface area contributed by atoms with Crippen molar-refractivity contribution in [1.82, 2.24) is 4.90 Å². The van der Waals surface area contributed by atoms with Crippen LogP contribution in [0.4, 0.5) is 0 Å². The Morgan fingerprint density at radius 1 is 0.656 bits per heavy atom. The SMILES string of the molecule is CC(C)C(CCC(=O)OC(C)(C)C)C(=O)OC[N+]1(CCOC(c2ccccc2)c2ccc(Cl)cc2)CCCCC1.Cl.Clc1ccc(C(OCCN2CCCCC2)c2ccccc2)cc1. The summed E-state index contributed by atoms with van der Waals surface area (Å²) in [5.74, 6) is -0.790. The number of benzene rings is 4. The molecule has 2 aliphatic rings. The maximum Gasteiger partial charge on any atom is 0.313 e. The minimum absolute atomic E-state index is 0. The first kappa shape index (κ1) is 53.1. The second-order valence-corrected chi connectivity index (χ2v) is 19.3. The van der Waals surface area contributed by atoms with Gasteiger partial charge in [0.15, 0.2) is 0 Å². The van der Waals surface area contributed by atoms with Gasteiger partial charge in [-0.2, -0.15) is 0 Å². The minimum Gasteiger partial charge on any atom is -0.460 e. The van der Waals surface area contributed by atoms with Crippen molar-refractivity contribution in [2.24, 2.45) is 11.8 Å². The molecular formula is C53H72Cl3N2O6+. The molecule has 350 valence electrons. The summed E-state index contributed by atoms with van der Waals surface area (Å²) in [5.41, 5.74) is 3.95. The number of hydrogen-bond acceptors (Lipinski definition) is 7. The van der Waals surface area contributed by atoms with E-state index in [4.69, 9.17) is 42.1 Å². The standard InChI is InChI=1S/C33H47ClNO5.C20H24ClNO.ClH/c1-25(2)29(18-19-30(36)40-33(3,4)5)32(37)39-24-35(20-10-7-11-21-35)22-23-38-31(26-12-8-6-9-13-26)27-14-16-28(34)17-15-27;21-19-11-9-18(10-12-19)20(17-7-3-1-4-8-17)23-16-15-22-13-5-2-6-14-22;/h6,8-9,12-17,25,29,31H,7,10-11,18-24H2,1-5H3;1,3-4,7-12,20H,2,5-6,13-16H2;1H/q+1;;. The molecule has 3 unspecified atom stereocenters. The Balaban J connectivity index is 0.000000316. The van der Waals surface area contributed by atoms with Crippen LogP contribution in [0.5, 0.6) is 0 Å². The summed E-state index contributed by atoms with van der Waals surface area (Å²) in [6.07, 6.45) is 7.79. The lowest BCUT2D eigenvalue weighted by Gasteiger charge is -2.41. The number of carbonyl (C=O) groups excluding carboxylic acids is 2. The number of carbonyl (C=O) groups is 2. The minimum atomic E-state index is -0.537. The number of piperidine rings is 2. The van der Waals surface area contributed by atoms with Crippen LogP contribution < -0.4 is 0 Å². The lowest BCUT2D eigenvalue weighted by Crippen LogP contribution is -2.55. The van der Waals surface area contributed by atoms with E-state index in [-0.39, 0.29) is 54.8 Å². The van der Waals surface area contributed by atoms with Crippen molar-refractivity contribution < 1.29 is 33.0 Å². The number of nitrogens with zero attached hydrogens (tertiary/aromatic N) is 2. The number of likely N-dealkylation sites (tertiary alicyclic amines) is 2. The van der Waals surface area contributed by atoms with E-state index >= 15 is 0 Å². The van der Waals surface area contributed by atoms with E-state index in [9.17, 15) is 9.59 Å². The average molecular weight is 940 g/mol. The third-order valence-electron chi connectivity index (χ3n) is 12.0. The number of hydrogen-bond donors (Lipinski definition) is 0. The molecule has 11 heteroatoms. The second-order valence-electron chi connectivity index (χ2n) is 18.5. The number of quaternary nitrogens is 1. The fourth-order valence-corrected chi connectivity index (χ4v) is 8.70. The topological polar surface area (TPSA) is 74.3 Å². The van der Waals surface area contributed by atoms with Gasteiger partial charge in [0.25, 0.3) is 0 Å². The third-order valence-corrected chi connectivity index (χ3v) is 12.5. The van der Waals surface area contributed by atoms with Gasteiger partial charge >= 0.3 is 11.9 Å². The van der Waals surface area contributed by atoms with Gasteiger partial charge in [0.1, 0.15) is 24.4 Å². The highest BCUT2D eigenvalue weighted by molar-refractivity contribution is 6.30. The van der Waals surface area contributed by atoms with E-state index in [0.717, 1.165) is 67.3 Å². The molecule has 4 aromatic rings. The fraction of sp³-hybridized carbons (Fsp3) is 0.509. The van der Waals surface area contributed by atoms with E-state index in [1.165, 1.54) is 44.3 Å². The van der Waals surface area contributed by atoms with E-state index in [0.29, 0.717) is 29.3 Å². The number of halogens is 3. The molecule has 0 N–H and O–H groups in total. The number of ether oxygens (including phenoxy) is 4. The summed E-state index contributed by atoms with van der Waals surface area (Å²) >= 11 is 12.2. The number of esters is 2. The van der Waals surface area contributed by atoms with Gasteiger partial charge in [-0.1, -0.05) is 128 Å². The molecule has 3 atom stereocenters. The van der Waals surface area contributed by atoms with Gasteiger partial charge in [0.05, 0.1) is 32.2 Å². The van der Waals surface area contributed by atoms with Crippen LogP contribution in [0.3, 0.4) is 0 Å². The van der Waals surface area contributed by atoms with Gasteiger partial charge in [-0.3, -0.25) is 14.1 Å². The van der Waals surface area contributed by atoms with Gasteiger partial charge in [-0.05, 0) is 125 Å². The molecular weight excluding hydrogens is 867 g/mol. The Morgan fingerprint density at radius 2 is 1.12 bits per heavy atom. The quantitative estimate of drug-likeness (QED) is 0.0685. The Kier molecular flexibility index (Phi) is 22.6. The molecule has 0 bridgehead atoms. The smallest absolute Gasteiger partial charge is 0.313 e. The summed E-state index contributed by atoms with van der Waals surface area (Å²) < 4.78 is 24.9. The van der Waals surface area contributed by atoms with Crippen LogP contribution in [0.15, 0.2) is 109 Å². The van der Waals surface area contributed by atoms with E-state index in [1.807, 2.05) is 95.3 Å². The summed E-state index contributed by atoms with van der Waals surface area (Å²) in [6.45, 7) is 17.3. The Morgan fingerprint density at radius 3 is 1.61 bits per heavy atom. The van der Waals surface area contributed by atoms with E-state index in [1.54, 1.807) is 0 Å². The largest absolute Gasteiger partial charge is 0.460 e. The highest BCUT2D eigenvalue weighted by atomic mass is 35.5. The zero-order valence-corrected chi connectivity index (χ0v) is 41.1. The molecule has 2 heterocycles. The highest BCUT2D eigenvalue weighted by Crippen LogP contribution is 2.30. The molecule has 64 heavy (non-hydrogen) atoms. The Hall–Kier alpha value is -3.47. The van der Waals surface area contributed by atoms with Crippen LogP contribution in [0.25, 0.3) is 0 Å². The predicted octanol–water partition coefficient (Wildman–Crippen LogP) is 12.7. The van der Waals surface area contributed by atoms with Gasteiger partial charge in [0.2, 0.25) is 6.73 Å². The molecule has 0 saturated carbocycles. The van der Waals surface area contributed by atoms with Crippen molar-refractivity contribution in [2.45, 2.75) is 104 Å². The molecule has 6 rings (SSSR count). The van der Waals surface area contributed by atoms with Gasteiger partial charge in [-0.15, -0.1) is 12.4 Å². The molecule has 2 saturated heterocycles. The van der Waals surface area contributed by atoms with Crippen LogP contribution in [0, 0.1) is 11.8 Å². The van der Waals surface area contributed by atoms with Crippen LogP contribution in [-0.4, -0.2) is 86.1 Å². The van der Waals surface area contributed by atoms with Crippen LogP contribution in [0.2, 0.25) is 10.0 Å².